The third-order valence-electron chi connectivity index (χ3n) is 5.46. The van der Waals surface area contributed by atoms with Crippen LogP contribution in [0.4, 0.5) is 5.95 Å². The van der Waals surface area contributed by atoms with Crippen LogP contribution in [0.5, 0.6) is 0 Å². The van der Waals surface area contributed by atoms with Crippen molar-refractivity contribution in [3.05, 3.63) is 66.2 Å². The van der Waals surface area contributed by atoms with E-state index in [-0.39, 0.29) is 11.2 Å². The Labute approximate surface area is 193 Å². The number of nitrogens with zero attached hydrogens (tertiary/aromatic N) is 5. The van der Waals surface area contributed by atoms with Crippen molar-refractivity contribution in [3.63, 3.8) is 0 Å². The van der Waals surface area contributed by atoms with Crippen LogP contribution in [0, 0.1) is 0 Å². The second kappa shape index (κ2) is 10.7. The molecule has 2 aromatic carbocycles. The van der Waals surface area contributed by atoms with Crippen LogP contribution in [0.25, 0.3) is 5.69 Å². The molecule has 2 heterocycles. The fraction of sp³-hybridized carbons (Fsp3) is 0.375. The van der Waals surface area contributed by atoms with Crippen molar-refractivity contribution in [2.75, 3.05) is 37.7 Å². The monoisotopic (exact) mass is 451 g/mol. The van der Waals surface area contributed by atoms with Crippen LogP contribution < -0.4 is 4.90 Å². The van der Waals surface area contributed by atoms with E-state index in [1.807, 2.05) is 84.0 Å². The third kappa shape index (κ3) is 5.14. The second-order valence-electron chi connectivity index (χ2n) is 7.65. The summed E-state index contributed by atoms with van der Waals surface area (Å²) in [5.74, 6) is 0.884. The Morgan fingerprint density at radius 3 is 2.38 bits per heavy atom. The molecule has 0 aliphatic carbocycles. The number of rotatable bonds is 8. The van der Waals surface area contributed by atoms with E-state index in [1.54, 1.807) is 0 Å². The fourth-order valence-corrected chi connectivity index (χ4v) is 4.67. The van der Waals surface area contributed by atoms with Crippen molar-refractivity contribution < 1.29 is 9.53 Å². The van der Waals surface area contributed by atoms with Crippen LogP contribution in [0.15, 0.2) is 65.8 Å². The molecule has 0 N–H and O–H groups in total. The van der Waals surface area contributed by atoms with Gasteiger partial charge in [0.05, 0.1) is 24.2 Å². The van der Waals surface area contributed by atoms with Gasteiger partial charge in [-0.25, -0.2) is 0 Å². The van der Waals surface area contributed by atoms with E-state index < -0.39 is 0 Å². The number of thioether (sulfide) groups is 1. The molecule has 1 aliphatic rings. The smallest absolute Gasteiger partial charge is 0.236 e. The Balaban J connectivity index is 1.56. The van der Waals surface area contributed by atoms with Crippen molar-refractivity contribution in [3.8, 4) is 5.69 Å². The van der Waals surface area contributed by atoms with Gasteiger partial charge < -0.3 is 14.5 Å². The Hall–Kier alpha value is -2.84. The highest BCUT2D eigenvalue weighted by Crippen LogP contribution is 2.30. The molecule has 1 aliphatic heterocycles. The predicted molar refractivity (Wildman–Crippen MR) is 127 cm³/mol. The van der Waals surface area contributed by atoms with E-state index in [0.717, 1.165) is 30.3 Å². The summed E-state index contributed by atoms with van der Waals surface area (Å²) in [5.41, 5.74) is 2.11. The minimum absolute atomic E-state index is 0.0943. The Morgan fingerprint density at radius 2 is 1.72 bits per heavy atom. The number of morpholine rings is 1. The van der Waals surface area contributed by atoms with Gasteiger partial charge in [-0.15, -0.1) is 10.2 Å². The number of benzene rings is 2. The van der Waals surface area contributed by atoms with Gasteiger partial charge in [-0.2, -0.15) is 0 Å². The zero-order valence-corrected chi connectivity index (χ0v) is 19.4. The van der Waals surface area contributed by atoms with Crippen LogP contribution in [0.2, 0.25) is 0 Å². The van der Waals surface area contributed by atoms with E-state index >= 15 is 0 Å². The number of carbonyl (C=O) groups excluding carboxylic acids is 1. The first-order valence-electron chi connectivity index (χ1n) is 11.0. The zero-order valence-electron chi connectivity index (χ0n) is 18.6. The van der Waals surface area contributed by atoms with Crippen molar-refractivity contribution in [1.29, 1.82) is 0 Å². The number of ether oxygens (including phenoxy) is 1. The minimum atomic E-state index is -0.289. The maximum atomic E-state index is 13.3. The van der Waals surface area contributed by atoms with Gasteiger partial charge in [0.15, 0.2) is 5.16 Å². The molecule has 0 bridgehead atoms. The standard InChI is InChI=1S/C24H29N5O2S/c1-3-27(18-20-10-6-4-7-11-20)22(30)19(2)32-24-26-25-23(28-14-16-31-17-15-28)29(24)21-12-8-5-9-13-21/h4-13,19H,3,14-18H2,1-2H3. The van der Waals surface area contributed by atoms with E-state index in [1.165, 1.54) is 11.8 Å². The SMILES string of the molecule is CCN(Cc1ccccc1)C(=O)C(C)Sc1nnc(N2CCOCC2)n1-c1ccccc1. The van der Waals surface area contributed by atoms with Crippen LogP contribution in [-0.2, 0) is 16.1 Å². The molecule has 1 saturated heterocycles. The maximum absolute atomic E-state index is 13.3. The lowest BCUT2D eigenvalue weighted by Crippen LogP contribution is -2.38. The Bertz CT molecular complexity index is 1010. The number of carbonyl (C=O) groups is 1. The van der Waals surface area contributed by atoms with Gasteiger partial charge in [0.2, 0.25) is 11.9 Å². The van der Waals surface area contributed by atoms with E-state index in [2.05, 4.69) is 15.1 Å². The average Bonchev–Trinajstić information content (AvgIpc) is 3.27. The molecule has 7 nitrogen and oxygen atoms in total. The molecule has 8 heteroatoms. The Kier molecular flexibility index (Phi) is 7.44. The van der Waals surface area contributed by atoms with Crippen molar-refractivity contribution in [1.82, 2.24) is 19.7 Å². The van der Waals surface area contributed by atoms with Gasteiger partial charge in [-0.3, -0.25) is 9.36 Å². The van der Waals surface area contributed by atoms with Crippen LogP contribution in [-0.4, -0.2) is 63.7 Å². The normalized spacial score (nSPS) is 14.9. The van der Waals surface area contributed by atoms with E-state index in [0.29, 0.717) is 31.5 Å². The molecule has 1 atom stereocenters. The van der Waals surface area contributed by atoms with Crippen molar-refractivity contribution >= 4 is 23.6 Å². The Morgan fingerprint density at radius 1 is 1.06 bits per heavy atom. The fourth-order valence-electron chi connectivity index (χ4n) is 3.72. The van der Waals surface area contributed by atoms with Gasteiger partial charge >= 0.3 is 0 Å². The summed E-state index contributed by atoms with van der Waals surface area (Å²) < 4.78 is 7.55. The summed E-state index contributed by atoms with van der Waals surface area (Å²) in [6, 6.07) is 20.2. The first-order chi connectivity index (χ1) is 15.7. The summed E-state index contributed by atoms with van der Waals surface area (Å²) in [6.07, 6.45) is 0. The summed E-state index contributed by atoms with van der Waals surface area (Å²) in [5, 5.41) is 9.41. The molecule has 4 rings (SSSR count). The van der Waals surface area contributed by atoms with Crippen molar-refractivity contribution in [2.45, 2.75) is 30.8 Å². The molecule has 32 heavy (non-hydrogen) atoms. The predicted octanol–water partition coefficient (Wildman–Crippen LogP) is 3.63. The van der Waals surface area contributed by atoms with Crippen LogP contribution in [0.1, 0.15) is 19.4 Å². The largest absolute Gasteiger partial charge is 0.378 e. The molecule has 1 unspecified atom stereocenters. The number of amides is 1. The molecular formula is C24H29N5O2S. The average molecular weight is 452 g/mol. The van der Waals surface area contributed by atoms with Gasteiger partial charge in [-0.05, 0) is 31.5 Å². The van der Waals surface area contributed by atoms with Gasteiger partial charge in [0.25, 0.3) is 0 Å². The van der Waals surface area contributed by atoms with Crippen LogP contribution >= 0.6 is 11.8 Å². The molecule has 0 radical (unpaired) electrons. The zero-order chi connectivity index (χ0) is 22.3. The highest BCUT2D eigenvalue weighted by atomic mass is 32.2. The molecule has 0 spiro atoms. The molecule has 1 fully saturated rings. The number of hydrogen-bond donors (Lipinski definition) is 0. The topological polar surface area (TPSA) is 63.5 Å². The van der Waals surface area contributed by atoms with Crippen molar-refractivity contribution in [2.24, 2.45) is 0 Å². The maximum Gasteiger partial charge on any atom is 0.236 e. The first-order valence-corrected chi connectivity index (χ1v) is 11.9. The first kappa shape index (κ1) is 22.4. The lowest BCUT2D eigenvalue weighted by atomic mass is 10.2. The minimum Gasteiger partial charge on any atom is -0.378 e. The molecule has 1 amide bonds. The highest BCUT2D eigenvalue weighted by Gasteiger charge is 2.26. The molecule has 3 aromatic rings. The third-order valence-corrected chi connectivity index (χ3v) is 6.49. The molecular weight excluding hydrogens is 422 g/mol. The van der Waals surface area contributed by atoms with E-state index in [9.17, 15) is 4.79 Å². The molecule has 1 aromatic heterocycles. The number of aromatic nitrogens is 3. The van der Waals surface area contributed by atoms with Gasteiger partial charge in [-0.1, -0.05) is 60.3 Å². The van der Waals surface area contributed by atoms with E-state index in [4.69, 9.17) is 4.74 Å². The second-order valence-corrected chi connectivity index (χ2v) is 8.96. The number of para-hydroxylation sites is 1. The van der Waals surface area contributed by atoms with Gasteiger partial charge in [0.1, 0.15) is 0 Å². The number of anilines is 1. The number of hydrogen-bond acceptors (Lipinski definition) is 6. The van der Waals surface area contributed by atoms with Gasteiger partial charge in [0, 0.05) is 26.2 Å². The lowest BCUT2D eigenvalue weighted by Gasteiger charge is -2.28. The lowest BCUT2D eigenvalue weighted by molar-refractivity contribution is -0.130. The molecule has 168 valence electrons. The summed E-state index contributed by atoms with van der Waals surface area (Å²) >= 11 is 1.45. The summed E-state index contributed by atoms with van der Waals surface area (Å²) in [7, 11) is 0. The molecule has 0 saturated carbocycles. The highest BCUT2D eigenvalue weighted by molar-refractivity contribution is 8.00. The summed E-state index contributed by atoms with van der Waals surface area (Å²) in [4.78, 5) is 17.3. The van der Waals surface area contributed by atoms with Crippen LogP contribution in [0.3, 0.4) is 0 Å². The summed E-state index contributed by atoms with van der Waals surface area (Å²) in [6.45, 7) is 8.10. The quantitative estimate of drug-likeness (QED) is 0.488.